The zero-order chi connectivity index (χ0) is 15.1. The van der Waals surface area contributed by atoms with Crippen molar-refractivity contribution < 1.29 is 14.6 Å². The molecule has 4 heteroatoms. The van der Waals surface area contributed by atoms with Crippen molar-refractivity contribution in [3.8, 4) is 11.8 Å². The number of hydrogen-bond donors (Lipinski definition) is 2. The van der Waals surface area contributed by atoms with Gasteiger partial charge in [-0.2, -0.15) is 0 Å². The zero-order valence-electron chi connectivity index (χ0n) is 12.3. The minimum Gasteiger partial charge on any atom is -0.384 e. The van der Waals surface area contributed by atoms with Gasteiger partial charge in [0.1, 0.15) is 6.61 Å². The number of aryl methyl sites for hydroxylation is 1. The second-order valence-corrected chi connectivity index (χ2v) is 5.31. The topological polar surface area (TPSA) is 58.6 Å². The number of aliphatic hydroxyl groups excluding tert-OH is 1. The van der Waals surface area contributed by atoms with Crippen LogP contribution in [-0.2, 0) is 4.74 Å². The Morgan fingerprint density at radius 1 is 1.38 bits per heavy atom. The molecular weight excluding hydrogens is 266 g/mol. The summed E-state index contributed by atoms with van der Waals surface area (Å²) in [5, 5.41) is 11.7. The summed E-state index contributed by atoms with van der Waals surface area (Å²) in [6.45, 7) is 4.00. The molecule has 1 saturated heterocycles. The number of carbonyl (C=O) groups is 1. The highest BCUT2D eigenvalue weighted by atomic mass is 16.5. The van der Waals surface area contributed by atoms with Gasteiger partial charge < -0.3 is 15.2 Å². The minimum atomic E-state index is -0.181. The summed E-state index contributed by atoms with van der Waals surface area (Å²) in [5.74, 6) is 5.87. The lowest BCUT2D eigenvalue weighted by atomic mass is 10.00. The first-order chi connectivity index (χ1) is 10.2. The van der Waals surface area contributed by atoms with Crippen molar-refractivity contribution >= 4 is 5.91 Å². The Morgan fingerprint density at radius 2 is 2.14 bits per heavy atom. The molecule has 0 spiro atoms. The van der Waals surface area contributed by atoms with E-state index < -0.39 is 0 Å². The molecule has 1 aliphatic rings. The van der Waals surface area contributed by atoms with E-state index in [1.165, 1.54) is 0 Å². The number of nitrogens with one attached hydrogen (secondary N) is 1. The molecule has 0 atom stereocenters. The summed E-state index contributed by atoms with van der Waals surface area (Å²) in [5.41, 5.74) is 2.35. The van der Waals surface area contributed by atoms with Gasteiger partial charge in [-0.15, -0.1) is 0 Å². The van der Waals surface area contributed by atoms with Crippen molar-refractivity contribution in [1.82, 2.24) is 5.32 Å². The first kappa shape index (κ1) is 15.6. The molecule has 0 unspecified atom stereocenters. The van der Waals surface area contributed by atoms with Crippen molar-refractivity contribution in [3.63, 3.8) is 0 Å². The fraction of sp³-hybridized carbons (Fsp3) is 0.471. The molecule has 4 nitrogen and oxygen atoms in total. The Kier molecular flexibility index (Phi) is 5.79. The Bertz CT molecular complexity index is 551. The van der Waals surface area contributed by atoms with E-state index in [1.54, 1.807) is 6.07 Å². The molecule has 21 heavy (non-hydrogen) atoms. The number of ether oxygens (including phenoxy) is 1. The summed E-state index contributed by atoms with van der Waals surface area (Å²) < 4.78 is 5.31. The number of hydrogen-bond acceptors (Lipinski definition) is 3. The number of benzene rings is 1. The van der Waals surface area contributed by atoms with Gasteiger partial charge in [-0.1, -0.05) is 11.8 Å². The fourth-order valence-corrected chi connectivity index (χ4v) is 2.42. The van der Waals surface area contributed by atoms with Crippen LogP contribution in [0, 0.1) is 24.7 Å². The van der Waals surface area contributed by atoms with Gasteiger partial charge >= 0.3 is 0 Å². The summed E-state index contributed by atoms with van der Waals surface area (Å²) >= 11 is 0. The number of aliphatic hydroxyl groups is 1. The molecule has 1 aliphatic heterocycles. The van der Waals surface area contributed by atoms with Crippen LogP contribution in [0.5, 0.6) is 0 Å². The first-order valence-electron chi connectivity index (χ1n) is 7.26. The molecule has 2 rings (SSSR count). The normalized spacial score (nSPS) is 15.1. The highest BCUT2D eigenvalue weighted by Gasteiger charge is 2.15. The molecule has 0 aliphatic carbocycles. The highest BCUT2D eigenvalue weighted by Crippen LogP contribution is 2.14. The van der Waals surface area contributed by atoms with Crippen LogP contribution in [0.25, 0.3) is 0 Å². The van der Waals surface area contributed by atoms with E-state index in [0.29, 0.717) is 18.0 Å². The van der Waals surface area contributed by atoms with E-state index in [0.717, 1.165) is 37.2 Å². The molecule has 112 valence electrons. The van der Waals surface area contributed by atoms with Crippen molar-refractivity contribution in [2.45, 2.75) is 19.8 Å². The summed E-state index contributed by atoms with van der Waals surface area (Å²) in [4.78, 5) is 12.2. The number of carbonyl (C=O) groups excluding carboxylic acids is 1. The Hall–Kier alpha value is -1.83. The van der Waals surface area contributed by atoms with E-state index in [1.807, 2.05) is 19.1 Å². The van der Waals surface area contributed by atoms with Gasteiger partial charge in [0.2, 0.25) is 0 Å². The lowest BCUT2D eigenvalue weighted by molar-refractivity contribution is 0.0642. The molecule has 0 saturated carbocycles. The van der Waals surface area contributed by atoms with Gasteiger partial charge in [-0.3, -0.25) is 4.79 Å². The third-order valence-corrected chi connectivity index (χ3v) is 3.54. The first-order valence-corrected chi connectivity index (χ1v) is 7.26. The Balaban J connectivity index is 1.99. The molecule has 1 aromatic carbocycles. The van der Waals surface area contributed by atoms with Gasteiger partial charge in [-0.25, -0.2) is 0 Å². The number of amides is 1. The molecule has 0 bridgehead atoms. The fourth-order valence-electron chi connectivity index (χ4n) is 2.42. The Morgan fingerprint density at radius 3 is 2.86 bits per heavy atom. The second kappa shape index (κ2) is 7.82. The molecule has 1 heterocycles. The summed E-state index contributed by atoms with van der Waals surface area (Å²) in [6.07, 6.45) is 2.00. The predicted octanol–water partition coefficient (Wildman–Crippen LogP) is 1.50. The van der Waals surface area contributed by atoms with E-state index in [-0.39, 0.29) is 12.5 Å². The lowest BCUT2D eigenvalue weighted by Gasteiger charge is -2.22. The van der Waals surface area contributed by atoms with Gasteiger partial charge in [0, 0.05) is 30.9 Å². The lowest BCUT2D eigenvalue weighted by Crippen LogP contribution is -2.32. The third-order valence-electron chi connectivity index (χ3n) is 3.54. The molecule has 1 fully saturated rings. The number of rotatable bonds is 3. The molecular formula is C17H21NO3. The molecule has 1 aromatic rings. The van der Waals surface area contributed by atoms with Crippen LogP contribution in [0.3, 0.4) is 0 Å². The van der Waals surface area contributed by atoms with Gasteiger partial charge in [0.05, 0.1) is 0 Å². The predicted molar refractivity (Wildman–Crippen MR) is 81.0 cm³/mol. The van der Waals surface area contributed by atoms with Gasteiger partial charge in [0.25, 0.3) is 5.91 Å². The van der Waals surface area contributed by atoms with E-state index >= 15 is 0 Å². The van der Waals surface area contributed by atoms with Crippen LogP contribution in [0.4, 0.5) is 0 Å². The zero-order valence-corrected chi connectivity index (χ0v) is 12.3. The summed E-state index contributed by atoms with van der Waals surface area (Å²) in [6, 6.07) is 5.51. The van der Waals surface area contributed by atoms with Crippen LogP contribution >= 0.6 is 0 Å². The van der Waals surface area contributed by atoms with E-state index in [4.69, 9.17) is 9.84 Å². The van der Waals surface area contributed by atoms with Crippen molar-refractivity contribution in [2.24, 2.45) is 5.92 Å². The summed E-state index contributed by atoms with van der Waals surface area (Å²) in [7, 11) is 0. The molecule has 1 amide bonds. The maximum absolute atomic E-state index is 12.2. The van der Waals surface area contributed by atoms with Crippen LogP contribution in [-0.4, -0.2) is 37.4 Å². The SMILES string of the molecule is Cc1cc(C#CCO)cc(C(=O)NCC2CCOCC2)c1. The largest absolute Gasteiger partial charge is 0.384 e. The quantitative estimate of drug-likeness (QED) is 0.828. The van der Waals surface area contributed by atoms with Gasteiger partial charge in [0.15, 0.2) is 0 Å². The van der Waals surface area contributed by atoms with Crippen molar-refractivity contribution in [1.29, 1.82) is 0 Å². The van der Waals surface area contributed by atoms with E-state index in [9.17, 15) is 4.79 Å². The second-order valence-electron chi connectivity index (χ2n) is 5.31. The van der Waals surface area contributed by atoms with E-state index in [2.05, 4.69) is 17.2 Å². The average molecular weight is 287 g/mol. The molecule has 0 aromatic heterocycles. The van der Waals surface area contributed by atoms with Crippen LogP contribution in [0.15, 0.2) is 18.2 Å². The average Bonchev–Trinajstić information content (AvgIpc) is 2.51. The Labute approximate surface area is 125 Å². The van der Waals surface area contributed by atoms with Crippen LogP contribution in [0.1, 0.15) is 34.3 Å². The maximum atomic E-state index is 12.2. The molecule has 0 radical (unpaired) electrons. The smallest absolute Gasteiger partial charge is 0.251 e. The minimum absolute atomic E-state index is 0.0720. The van der Waals surface area contributed by atoms with Crippen molar-refractivity contribution in [3.05, 3.63) is 34.9 Å². The monoisotopic (exact) mass is 287 g/mol. The van der Waals surface area contributed by atoms with Crippen LogP contribution < -0.4 is 5.32 Å². The van der Waals surface area contributed by atoms with Gasteiger partial charge in [-0.05, 0) is 49.4 Å². The maximum Gasteiger partial charge on any atom is 0.251 e. The standard InChI is InChI=1S/C17H21NO3/c1-13-9-15(3-2-6-19)11-16(10-13)17(20)18-12-14-4-7-21-8-5-14/h9-11,14,19H,4-8,12H2,1H3,(H,18,20). The van der Waals surface area contributed by atoms with Crippen molar-refractivity contribution in [2.75, 3.05) is 26.4 Å². The third kappa shape index (κ3) is 4.89. The van der Waals surface area contributed by atoms with Crippen LogP contribution in [0.2, 0.25) is 0 Å². The molecule has 2 N–H and O–H groups in total. The highest BCUT2D eigenvalue weighted by molar-refractivity contribution is 5.94.